The Labute approximate surface area is 155 Å². The molecule has 0 aliphatic heterocycles. The maximum atomic E-state index is 11.4. The van der Waals surface area contributed by atoms with E-state index in [1.165, 1.54) is 17.3 Å². The number of rotatable bonds is 6. The zero-order chi connectivity index (χ0) is 17.9. The monoisotopic (exact) mass is 377 g/mol. The third kappa shape index (κ3) is 3.79. The number of aliphatic hydroxyl groups is 1. The van der Waals surface area contributed by atoms with Crippen molar-refractivity contribution in [3.05, 3.63) is 76.8 Å². The van der Waals surface area contributed by atoms with E-state index in [0.717, 1.165) is 0 Å². The molecule has 0 spiro atoms. The van der Waals surface area contributed by atoms with Gasteiger partial charge in [-0.3, -0.25) is 0 Å². The van der Waals surface area contributed by atoms with Crippen LogP contribution in [0.4, 0.5) is 0 Å². The van der Waals surface area contributed by atoms with Crippen LogP contribution in [0, 0.1) is 0 Å². The molecule has 3 aromatic rings. The average molecular weight is 378 g/mol. The number of nitrogens with zero attached hydrogens (tertiary/aromatic N) is 3. The zero-order valence-corrected chi connectivity index (χ0v) is 15.0. The van der Waals surface area contributed by atoms with Crippen LogP contribution in [0.1, 0.15) is 25.1 Å². The second kappa shape index (κ2) is 7.44. The van der Waals surface area contributed by atoms with E-state index in [1.54, 1.807) is 48.5 Å². The first-order valence-corrected chi connectivity index (χ1v) is 8.53. The van der Waals surface area contributed by atoms with E-state index in [4.69, 9.17) is 27.9 Å². The molecule has 1 heterocycles. The van der Waals surface area contributed by atoms with Gasteiger partial charge in [0, 0.05) is 10.0 Å². The first-order chi connectivity index (χ1) is 12.0. The van der Waals surface area contributed by atoms with E-state index < -0.39 is 11.8 Å². The second-order valence-corrected chi connectivity index (χ2v) is 6.46. The fraction of sp³-hybridized carbons (Fsp3) is 0.222. The molecule has 7 heteroatoms. The topological polar surface area (TPSA) is 60.2 Å². The molecule has 0 radical (unpaired) electrons. The van der Waals surface area contributed by atoms with Crippen molar-refractivity contribution in [3.63, 3.8) is 0 Å². The number of hydrogen-bond donors (Lipinski definition) is 1. The van der Waals surface area contributed by atoms with Gasteiger partial charge in [0.05, 0.1) is 0 Å². The van der Waals surface area contributed by atoms with Gasteiger partial charge in [-0.15, -0.1) is 0 Å². The predicted octanol–water partition coefficient (Wildman–Crippen LogP) is 4.46. The lowest BCUT2D eigenvalue weighted by Gasteiger charge is -2.35. The molecule has 1 aromatic heterocycles. The molecule has 25 heavy (non-hydrogen) atoms. The molecule has 1 N–H and O–H groups in total. The summed E-state index contributed by atoms with van der Waals surface area (Å²) in [5.74, 6) is 0.561. The van der Waals surface area contributed by atoms with Crippen LogP contribution >= 0.6 is 23.2 Å². The lowest BCUT2D eigenvalue weighted by Crippen LogP contribution is -2.40. The summed E-state index contributed by atoms with van der Waals surface area (Å²) >= 11 is 11.9. The van der Waals surface area contributed by atoms with Crippen LogP contribution in [0.2, 0.25) is 10.0 Å². The van der Waals surface area contributed by atoms with E-state index in [1.807, 2.05) is 6.92 Å². The van der Waals surface area contributed by atoms with Gasteiger partial charge in [0.1, 0.15) is 24.0 Å². The summed E-state index contributed by atoms with van der Waals surface area (Å²) < 4.78 is 7.57. The number of hydrogen-bond acceptors (Lipinski definition) is 4. The van der Waals surface area contributed by atoms with Crippen molar-refractivity contribution in [2.75, 3.05) is 0 Å². The zero-order valence-electron chi connectivity index (χ0n) is 13.5. The molecule has 0 amide bonds. The first kappa shape index (κ1) is 17.7. The molecular formula is C18H17Cl2N3O2. The molecule has 0 aliphatic carbocycles. The van der Waals surface area contributed by atoms with Crippen LogP contribution < -0.4 is 4.74 Å². The standard InChI is InChI=1S/C18H17Cl2N3O2/c1-2-18(24,13-3-5-14(19)6-4-13)17(23-12-21-11-22-23)25-16-9-7-15(20)8-10-16/h3-12,17,24H,2H2,1H3. The molecule has 2 atom stereocenters. The number of halogens is 2. The largest absolute Gasteiger partial charge is 0.465 e. The molecule has 0 bridgehead atoms. The van der Waals surface area contributed by atoms with E-state index in [-0.39, 0.29) is 0 Å². The fourth-order valence-electron chi connectivity index (χ4n) is 2.61. The minimum Gasteiger partial charge on any atom is -0.465 e. The molecule has 0 saturated carbocycles. The van der Waals surface area contributed by atoms with Gasteiger partial charge >= 0.3 is 0 Å². The van der Waals surface area contributed by atoms with Gasteiger partial charge in [-0.25, -0.2) is 9.67 Å². The number of aromatic nitrogens is 3. The summed E-state index contributed by atoms with van der Waals surface area (Å²) in [7, 11) is 0. The van der Waals surface area contributed by atoms with Crippen molar-refractivity contribution >= 4 is 23.2 Å². The van der Waals surface area contributed by atoms with Crippen LogP contribution in [-0.4, -0.2) is 19.9 Å². The quantitative estimate of drug-likeness (QED) is 0.688. The molecule has 0 saturated heterocycles. The lowest BCUT2D eigenvalue weighted by molar-refractivity contribution is -0.113. The average Bonchev–Trinajstić information content (AvgIpc) is 3.15. The van der Waals surface area contributed by atoms with Crippen molar-refractivity contribution in [1.82, 2.24) is 14.8 Å². The summed E-state index contributed by atoms with van der Waals surface area (Å²) in [5.41, 5.74) is -0.661. The van der Waals surface area contributed by atoms with Crippen LogP contribution in [0.25, 0.3) is 0 Å². The van der Waals surface area contributed by atoms with Crippen molar-refractivity contribution in [2.45, 2.75) is 25.2 Å². The highest BCUT2D eigenvalue weighted by Gasteiger charge is 2.41. The van der Waals surface area contributed by atoms with Crippen molar-refractivity contribution in [1.29, 1.82) is 0 Å². The van der Waals surface area contributed by atoms with E-state index >= 15 is 0 Å². The van der Waals surface area contributed by atoms with Gasteiger partial charge in [-0.05, 0) is 48.4 Å². The van der Waals surface area contributed by atoms with Gasteiger partial charge < -0.3 is 9.84 Å². The Bertz CT molecular complexity index is 807. The summed E-state index contributed by atoms with van der Waals surface area (Å²) in [5, 5.41) is 16.8. The predicted molar refractivity (Wildman–Crippen MR) is 96.8 cm³/mol. The Balaban J connectivity index is 2.02. The molecule has 130 valence electrons. The third-order valence-electron chi connectivity index (χ3n) is 4.03. The molecule has 2 unspecified atom stereocenters. The van der Waals surface area contributed by atoms with E-state index in [2.05, 4.69) is 10.1 Å². The summed E-state index contributed by atoms with van der Waals surface area (Å²) in [4.78, 5) is 3.97. The van der Waals surface area contributed by atoms with E-state index in [0.29, 0.717) is 27.8 Å². The number of benzene rings is 2. The molecule has 0 fully saturated rings. The van der Waals surface area contributed by atoms with Crippen molar-refractivity contribution in [2.24, 2.45) is 0 Å². The van der Waals surface area contributed by atoms with Crippen LogP contribution in [0.5, 0.6) is 5.75 Å². The highest BCUT2D eigenvalue weighted by atomic mass is 35.5. The minimum atomic E-state index is -1.34. The molecule has 0 aliphatic rings. The van der Waals surface area contributed by atoms with Gasteiger partial charge in [0.25, 0.3) is 0 Å². The SMILES string of the molecule is CCC(O)(c1ccc(Cl)cc1)C(Oc1ccc(Cl)cc1)n1cncn1. The highest BCUT2D eigenvalue weighted by molar-refractivity contribution is 6.30. The Morgan fingerprint density at radius 1 is 1.08 bits per heavy atom. The Kier molecular flexibility index (Phi) is 5.27. The third-order valence-corrected chi connectivity index (χ3v) is 4.53. The maximum absolute atomic E-state index is 11.4. The van der Waals surface area contributed by atoms with Gasteiger partial charge in [-0.1, -0.05) is 42.3 Å². The van der Waals surface area contributed by atoms with Crippen LogP contribution in [0.3, 0.4) is 0 Å². The van der Waals surface area contributed by atoms with Crippen LogP contribution in [-0.2, 0) is 5.60 Å². The Hall–Kier alpha value is -2.08. The van der Waals surface area contributed by atoms with Crippen molar-refractivity contribution < 1.29 is 9.84 Å². The second-order valence-electron chi connectivity index (χ2n) is 5.58. The van der Waals surface area contributed by atoms with Gasteiger partial charge in [0.2, 0.25) is 6.23 Å². The molecular weight excluding hydrogens is 361 g/mol. The smallest absolute Gasteiger partial charge is 0.225 e. The van der Waals surface area contributed by atoms with Gasteiger partial charge in [0.15, 0.2) is 0 Å². The van der Waals surface area contributed by atoms with Crippen molar-refractivity contribution in [3.8, 4) is 5.75 Å². The minimum absolute atomic E-state index is 0.396. The van der Waals surface area contributed by atoms with Gasteiger partial charge in [-0.2, -0.15) is 5.10 Å². The summed E-state index contributed by atoms with van der Waals surface area (Å²) in [6.45, 7) is 1.88. The van der Waals surface area contributed by atoms with Crippen LogP contribution in [0.15, 0.2) is 61.2 Å². The molecule has 3 rings (SSSR count). The normalized spacial score (nSPS) is 14.7. The molecule has 5 nitrogen and oxygen atoms in total. The summed E-state index contributed by atoms with van der Waals surface area (Å²) in [6, 6.07) is 14.0. The molecule has 2 aromatic carbocycles. The maximum Gasteiger partial charge on any atom is 0.225 e. The Morgan fingerprint density at radius 3 is 2.20 bits per heavy atom. The van der Waals surface area contributed by atoms with E-state index in [9.17, 15) is 5.11 Å². The highest BCUT2D eigenvalue weighted by Crippen LogP contribution is 2.38. The first-order valence-electron chi connectivity index (χ1n) is 7.77. The lowest BCUT2D eigenvalue weighted by atomic mass is 9.89. The Morgan fingerprint density at radius 2 is 1.68 bits per heavy atom. The fourth-order valence-corrected chi connectivity index (χ4v) is 2.86. The number of ether oxygens (including phenoxy) is 1. The summed E-state index contributed by atoms with van der Waals surface area (Å²) in [6.07, 6.45) is 2.49.